The Balaban J connectivity index is 1.36. The van der Waals surface area contributed by atoms with Crippen LogP contribution >= 0.6 is 0 Å². The van der Waals surface area contributed by atoms with Gasteiger partial charge in [-0.1, -0.05) is 80.8 Å². The van der Waals surface area contributed by atoms with E-state index in [9.17, 15) is 24.3 Å². The van der Waals surface area contributed by atoms with Crippen molar-refractivity contribution in [3.05, 3.63) is 78.0 Å². The molecule has 3 aromatic rings. The highest BCUT2D eigenvalue weighted by molar-refractivity contribution is 5.99. The Hall–Kier alpha value is -3.95. The fourth-order valence-corrected chi connectivity index (χ4v) is 7.67. The maximum Gasteiger partial charge on any atom is 0.237 e. The molecule has 6 atom stereocenters. The summed E-state index contributed by atoms with van der Waals surface area (Å²) in [4.78, 5) is 60.6. The van der Waals surface area contributed by atoms with Crippen molar-refractivity contribution in [2.75, 3.05) is 13.1 Å². The van der Waals surface area contributed by atoms with Crippen molar-refractivity contribution in [3.63, 3.8) is 0 Å². The number of amides is 2. The number of nitrogens with zero attached hydrogens (tertiary/aromatic N) is 2. The lowest BCUT2D eigenvalue weighted by atomic mass is 9.72. The van der Waals surface area contributed by atoms with Crippen molar-refractivity contribution in [3.8, 4) is 0 Å². The Morgan fingerprint density at radius 1 is 0.920 bits per heavy atom. The number of β-amino-alcohol motifs (C(OH)–C–C–N with tert-alkyl or cyclic N) is 1. The van der Waals surface area contributed by atoms with Gasteiger partial charge >= 0.3 is 0 Å². The maximum absolute atomic E-state index is 14.1. The smallest absolute Gasteiger partial charge is 0.237 e. The highest BCUT2D eigenvalue weighted by atomic mass is 16.3. The molecule has 2 amide bonds. The molecule has 1 saturated heterocycles. The van der Waals surface area contributed by atoms with Crippen LogP contribution in [0.3, 0.4) is 0 Å². The number of hydrogen-bond acceptors (Lipinski definition) is 7. The SMILES string of the molecule is CCC(=O)C[C@H](CC(=O)c1ccc2ccccc2n1)C(=O)N[C@@H](Cc1ccccc1)[C@H](O)CN1CC2CCCCC2C[C@H]1C(=O)NC(C)(C)C. The Morgan fingerprint density at radius 3 is 2.34 bits per heavy atom. The van der Waals surface area contributed by atoms with Gasteiger partial charge in [-0.15, -0.1) is 0 Å². The zero-order chi connectivity index (χ0) is 35.8. The highest BCUT2D eigenvalue weighted by Crippen LogP contribution is 2.39. The number of nitrogens with one attached hydrogen (secondary N) is 2. The minimum Gasteiger partial charge on any atom is -0.390 e. The van der Waals surface area contributed by atoms with Crippen LogP contribution in [0, 0.1) is 17.8 Å². The third-order valence-corrected chi connectivity index (χ3v) is 10.4. The van der Waals surface area contributed by atoms with Crippen LogP contribution in [-0.4, -0.2) is 75.2 Å². The zero-order valence-electron chi connectivity index (χ0n) is 30.1. The van der Waals surface area contributed by atoms with Gasteiger partial charge in [0.2, 0.25) is 11.8 Å². The van der Waals surface area contributed by atoms with Gasteiger partial charge in [-0.05, 0) is 69.6 Å². The number of Topliss-reactive ketones (excluding diaryl/α,β-unsaturated/α-hetero) is 2. The first-order valence-corrected chi connectivity index (χ1v) is 18.4. The Kier molecular flexibility index (Phi) is 12.6. The van der Waals surface area contributed by atoms with Gasteiger partial charge in [-0.25, -0.2) is 4.98 Å². The molecular weight excluding hydrogens is 628 g/mol. The summed E-state index contributed by atoms with van der Waals surface area (Å²) in [7, 11) is 0. The monoisotopic (exact) mass is 682 g/mol. The molecular formula is C41H54N4O5. The molecule has 3 N–H and O–H groups in total. The number of rotatable bonds is 14. The topological polar surface area (TPSA) is 129 Å². The standard InChI is InChI=1S/C41H54N4O5/c1-5-32(46)22-31(24-37(47)34-20-19-28-15-11-12-18-33(28)42-34)39(49)43-35(21-27-13-7-6-8-14-27)38(48)26-45-25-30-17-10-9-16-29(30)23-36(45)40(50)44-41(2,3)4/h6-8,11-15,18-20,29-31,35-36,38,48H,5,9-10,16-17,21-26H2,1-4H3,(H,43,49)(H,44,50)/t29?,30?,31-,35+,36+,38-/m1/s1. The second-order valence-corrected chi connectivity index (χ2v) is 15.4. The van der Waals surface area contributed by atoms with Gasteiger partial charge in [0.1, 0.15) is 11.5 Å². The van der Waals surface area contributed by atoms with Crippen molar-refractivity contribution < 1.29 is 24.3 Å². The molecule has 5 rings (SSSR count). The van der Waals surface area contributed by atoms with Gasteiger partial charge < -0.3 is 15.7 Å². The maximum atomic E-state index is 14.1. The summed E-state index contributed by atoms with van der Waals surface area (Å²) in [5, 5.41) is 19.1. The molecule has 2 unspecified atom stereocenters. The lowest BCUT2D eigenvalue weighted by Gasteiger charge is -2.47. The van der Waals surface area contributed by atoms with Gasteiger partial charge in [0.05, 0.1) is 29.6 Å². The van der Waals surface area contributed by atoms with Crippen LogP contribution in [0.4, 0.5) is 0 Å². The average molecular weight is 683 g/mol. The predicted octanol–water partition coefficient (Wildman–Crippen LogP) is 5.68. The molecule has 1 aliphatic carbocycles. The first kappa shape index (κ1) is 37.3. The fraction of sp³-hybridized carbons (Fsp3) is 0.537. The van der Waals surface area contributed by atoms with E-state index in [2.05, 4.69) is 20.5 Å². The number of pyridine rings is 1. The molecule has 0 radical (unpaired) electrons. The van der Waals surface area contributed by atoms with Crippen LogP contribution in [0.25, 0.3) is 10.9 Å². The molecule has 9 nitrogen and oxygen atoms in total. The Morgan fingerprint density at radius 2 is 1.62 bits per heavy atom. The Labute approximate surface area is 296 Å². The van der Waals surface area contributed by atoms with E-state index >= 15 is 0 Å². The summed E-state index contributed by atoms with van der Waals surface area (Å²) < 4.78 is 0. The number of likely N-dealkylation sites (tertiary alicyclic amines) is 1. The molecule has 0 spiro atoms. The van der Waals surface area contributed by atoms with Crippen LogP contribution < -0.4 is 10.6 Å². The van der Waals surface area contributed by atoms with E-state index in [0.717, 1.165) is 36.8 Å². The van der Waals surface area contributed by atoms with Gasteiger partial charge in [-0.3, -0.25) is 24.1 Å². The molecule has 1 aromatic heterocycles. The number of para-hydroxylation sites is 1. The molecule has 268 valence electrons. The van der Waals surface area contributed by atoms with Crippen LogP contribution in [0.15, 0.2) is 66.7 Å². The second kappa shape index (κ2) is 16.8. The number of piperidine rings is 1. The quantitative estimate of drug-likeness (QED) is 0.187. The predicted molar refractivity (Wildman–Crippen MR) is 196 cm³/mol. The number of carbonyl (C=O) groups is 4. The molecule has 2 aromatic carbocycles. The lowest BCUT2D eigenvalue weighted by molar-refractivity contribution is -0.133. The molecule has 9 heteroatoms. The van der Waals surface area contributed by atoms with Crippen LogP contribution in [-0.2, 0) is 20.8 Å². The summed E-state index contributed by atoms with van der Waals surface area (Å²) >= 11 is 0. The molecule has 2 fully saturated rings. The summed E-state index contributed by atoms with van der Waals surface area (Å²) in [5.74, 6) is -0.881. The number of ketones is 2. The molecule has 2 heterocycles. The average Bonchev–Trinajstić information content (AvgIpc) is 3.10. The first-order chi connectivity index (χ1) is 23.9. The fourth-order valence-electron chi connectivity index (χ4n) is 7.67. The highest BCUT2D eigenvalue weighted by Gasteiger charge is 2.42. The normalized spacial score (nSPS) is 21.4. The third kappa shape index (κ3) is 10.1. The van der Waals surface area contributed by atoms with E-state index < -0.39 is 24.0 Å². The van der Waals surface area contributed by atoms with Gasteiger partial charge in [-0.2, -0.15) is 0 Å². The molecule has 50 heavy (non-hydrogen) atoms. The van der Waals surface area contributed by atoms with Gasteiger partial charge in [0.25, 0.3) is 0 Å². The number of aliphatic hydroxyl groups excluding tert-OH is 1. The van der Waals surface area contributed by atoms with Gasteiger partial charge in [0, 0.05) is 43.3 Å². The zero-order valence-corrected chi connectivity index (χ0v) is 30.1. The summed E-state index contributed by atoms with van der Waals surface area (Å²) in [6, 6.07) is 19.6. The van der Waals surface area contributed by atoms with E-state index in [-0.39, 0.29) is 60.6 Å². The van der Waals surface area contributed by atoms with E-state index in [1.807, 2.05) is 81.4 Å². The van der Waals surface area contributed by atoms with E-state index in [0.29, 0.717) is 23.8 Å². The van der Waals surface area contributed by atoms with Crippen molar-refractivity contribution in [1.29, 1.82) is 0 Å². The molecule has 1 saturated carbocycles. The second-order valence-electron chi connectivity index (χ2n) is 15.4. The number of fused-ring (bicyclic) bond motifs is 2. The van der Waals surface area contributed by atoms with Gasteiger partial charge in [0.15, 0.2) is 5.78 Å². The van der Waals surface area contributed by atoms with Crippen molar-refractivity contribution in [2.24, 2.45) is 17.8 Å². The number of benzene rings is 2. The molecule has 2 aliphatic rings. The van der Waals surface area contributed by atoms with Crippen LogP contribution in [0.1, 0.15) is 95.1 Å². The van der Waals surface area contributed by atoms with Crippen LogP contribution in [0.5, 0.6) is 0 Å². The summed E-state index contributed by atoms with van der Waals surface area (Å²) in [6.07, 6.45) is 4.67. The molecule has 0 bridgehead atoms. The number of aliphatic hydroxyl groups is 1. The van der Waals surface area contributed by atoms with E-state index in [4.69, 9.17) is 0 Å². The molecule has 1 aliphatic heterocycles. The van der Waals surface area contributed by atoms with E-state index in [1.165, 1.54) is 12.8 Å². The Bertz CT molecular complexity index is 1640. The van der Waals surface area contributed by atoms with E-state index in [1.54, 1.807) is 13.0 Å². The number of hydrogen-bond donors (Lipinski definition) is 3. The first-order valence-electron chi connectivity index (χ1n) is 18.4. The van der Waals surface area contributed by atoms with Crippen molar-refractivity contribution in [2.45, 2.75) is 109 Å². The minimum absolute atomic E-state index is 0.0312. The van der Waals surface area contributed by atoms with Crippen molar-refractivity contribution in [1.82, 2.24) is 20.5 Å². The summed E-state index contributed by atoms with van der Waals surface area (Å²) in [5.41, 5.74) is 1.47. The number of carbonyl (C=O) groups excluding carboxylic acids is 4. The summed E-state index contributed by atoms with van der Waals surface area (Å²) in [6.45, 7) is 8.60. The van der Waals surface area contributed by atoms with Crippen molar-refractivity contribution >= 4 is 34.3 Å². The minimum atomic E-state index is -1.01. The number of aromatic nitrogens is 1. The van der Waals surface area contributed by atoms with Crippen LogP contribution in [0.2, 0.25) is 0 Å². The lowest BCUT2D eigenvalue weighted by Crippen LogP contribution is -2.60. The largest absolute Gasteiger partial charge is 0.390 e. The third-order valence-electron chi connectivity index (χ3n) is 10.4.